The van der Waals surface area contributed by atoms with Gasteiger partial charge in [0.25, 0.3) is 0 Å². The molecule has 0 saturated carbocycles. The van der Waals surface area contributed by atoms with Crippen LogP contribution in [-0.2, 0) is 0 Å². The topological polar surface area (TPSA) is 34.9 Å². The third-order valence-electron chi connectivity index (χ3n) is 2.18. The maximum atomic E-state index is 12.9. The van der Waals surface area contributed by atoms with Crippen LogP contribution in [0.5, 0.6) is 0 Å². The summed E-state index contributed by atoms with van der Waals surface area (Å²) >= 11 is 0. The van der Waals surface area contributed by atoms with E-state index in [1.807, 2.05) is 0 Å². The first kappa shape index (κ1) is 9.58. The van der Waals surface area contributed by atoms with Gasteiger partial charge in [0, 0.05) is 0 Å². The molecule has 76 valence electrons. The SMILES string of the molecule is Cc1cc(F)ccc1-n1nccc1C=O. The molecule has 0 bridgehead atoms. The molecule has 0 spiro atoms. The van der Waals surface area contributed by atoms with E-state index in [9.17, 15) is 9.18 Å². The van der Waals surface area contributed by atoms with E-state index in [2.05, 4.69) is 5.10 Å². The molecule has 1 aromatic heterocycles. The van der Waals surface area contributed by atoms with Crippen LogP contribution in [0.3, 0.4) is 0 Å². The summed E-state index contributed by atoms with van der Waals surface area (Å²) in [6.45, 7) is 1.77. The number of carbonyl (C=O) groups excluding carboxylic acids is 1. The molecular formula is C11H9FN2O. The second-order valence-corrected chi connectivity index (χ2v) is 3.22. The molecule has 0 aliphatic heterocycles. The number of benzene rings is 1. The largest absolute Gasteiger partial charge is 0.296 e. The van der Waals surface area contributed by atoms with Gasteiger partial charge in [-0.05, 0) is 36.8 Å². The molecular weight excluding hydrogens is 195 g/mol. The van der Waals surface area contributed by atoms with Crippen LogP contribution in [0.2, 0.25) is 0 Å². The standard InChI is InChI=1S/C11H9FN2O/c1-8-6-9(12)2-3-11(8)14-10(7-15)4-5-13-14/h2-7H,1H3. The van der Waals surface area contributed by atoms with Gasteiger partial charge in [-0.15, -0.1) is 0 Å². The number of nitrogens with zero attached hydrogens (tertiary/aromatic N) is 2. The maximum absolute atomic E-state index is 12.9. The first-order chi connectivity index (χ1) is 7.22. The van der Waals surface area contributed by atoms with Gasteiger partial charge in [-0.25, -0.2) is 9.07 Å². The Labute approximate surface area is 86.2 Å². The maximum Gasteiger partial charge on any atom is 0.168 e. The third-order valence-corrected chi connectivity index (χ3v) is 2.18. The molecule has 0 saturated heterocycles. The summed E-state index contributed by atoms with van der Waals surface area (Å²) in [6.07, 6.45) is 2.25. The number of aromatic nitrogens is 2. The summed E-state index contributed by atoms with van der Waals surface area (Å²) in [7, 11) is 0. The van der Waals surface area contributed by atoms with Gasteiger partial charge in [-0.2, -0.15) is 5.10 Å². The zero-order valence-corrected chi connectivity index (χ0v) is 8.14. The summed E-state index contributed by atoms with van der Waals surface area (Å²) in [5.41, 5.74) is 1.90. The lowest BCUT2D eigenvalue weighted by atomic mass is 10.2. The van der Waals surface area contributed by atoms with E-state index in [-0.39, 0.29) is 5.82 Å². The lowest BCUT2D eigenvalue weighted by Crippen LogP contribution is -2.03. The molecule has 2 rings (SSSR count). The molecule has 4 heteroatoms. The number of halogens is 1. The number of hydrogen-bond donors (Lipinski definition) is 0. The molecule has 0 aliphatic carbocycles. The quantitative estimate of drug-likeness (QED) is 0.702. The molecule has 0 atom stereocenters. The van der Waals surface area contributed by atoms with Crippen molar-refractivity contribution in [3.63, 3.8) is 0 Å². The first-order valence-corrected chi connectivity index (χ1v) is 4.48. The average Bonchev–Trinajstić information content (AvgIpc) is 2.65. The molecule has 1 aromatic carbocycles. The van der Waals surface area contributed by atoms with Crippen LogP contribution < -0.4 is 0 Å². The molecule has 1 heterocycles. The summed E-state index contributed by atoms with van der Waals surface area (Å²) in [6, 6.07) is 5.96. The molecule has 0 amide bonds. The van der Waals surface area contributed by atoms with Crippen LogP contribution in [0.4, 0.5) is 4.39 Å². The fraction of sp³-hybridized carbons (Fsp3) is 0.0909. The van der Waals surface area contributed by atoms with E-state index in [1.165, 1.54) is 23.0 Å². The second-order valence-electron chi connectivity index (χ2n) is 3.22. The zero-order chi connectivity index (χ0) is 10.8. The van der Waals surface area contributed by atoms with Crippen molar-refractivity contribution >= 4 is 6.29 Å². The van der Waals surface area contributed by atoms with Crippen molar-refractivity contribution in [1.82, 2.24) is 9.78 Å². The Kier molecular flexibility index (Phi) is 2.33. The minimum absolute atomic E-state index is 0.295. The van der Waals surface area contributed by atoms with Crippen LogP contribution in [0.25, 0.3) is 5.69 Å². The zero-order valence-electron chi connectivity index (χ0n) is 8.14. The lowest BCUT2D eigenvalue weighted by Gasteiger charge is -2.06. The van der Waals surface area contributed by atoms with Crippen LogP contribution in [0.1, 0.15) is 16.1 Å². The van der Waals surface area contributed by atoms with Crippen molar-refractivity contribution in [1.29, 1.82) is 0 Å². The molecule has 3 nitrogen and oxygen atoms in total. The van der Waals surface area contributed by atoms with Crippen LogP contribution in [0.15, 0.2) is 30.5 Å². The van der Waals surface area contributed by atoms with Crippen LogP contribution in [0, 0.1) is 12.7 Å². The smallest absolute Gasteiger partial charge is 0.168 e. The predicted octanol–water partition coefficient (Wildman–Crippen LogP) is 2.13. The van der Waals surface area contributed by atoms with Gasteiger partial charge in [0.2, 0.25) is 0 Å². The molecule has 0 aliphatic rings. The normalized spacial score (nSPS) is 10.3. The Morgan fingerprint density at radius 2 is 2.20 bits per heavy atom. The third kappa shape index (κ3) is 1.66. The molecule has 0 unspecified atom stereocenters. The molecule has 15 heavy (non-hydrogen) atoms. The van der Waals surface area contributed by atoms with Crippen molar-refractivity contribution in [3.8, 4) is 5.69 Å². The lowest BCUT2D eigenvalue weighted by molar-refractivity contribution is 0.111. The number of carbonyl (C=O) groups is 1. The summed E-state index contributed by atoms with van der Waals surface area (Å²) in [5, 5.41) is 4.01. The Morgan fingerprint density at radius 1 is 1.40 bits per heavy atom. The molecule has 2 aromatic rings. The number of aldehydes is 1. The summed E-state index contributed by atoms with van der Waals surface area (Å²) in [5.74, 6) is -0.295. The van der Waals surface area contributed by atoms with Crippen molar-refractivity contribution < 1.29 is 9.18 Å². The monoisotopic (exact) mass is 204 g/mol. The summed E-state index contributed by atoms with van der Waals surface area (Å²) in [4.78, 5) is 10.7. The minimum atomic E-state index is -0.295. The number of rotatable bonds is 2. The van der Waals surface area contributed by atoms with Gasteiger partial charge in [0.1, 0.15) is 11.5 Å². The van der Waals surface area contributed by atoms with Crippen LogP contribution >= 0.6 is 0 Å². The highest BCUT2D eigenvalue weighted by Gasteiger charge is 2.06. The fourth-order valence-electron chi connectivity index (χ4n) is 1.46. The van der Waals surface area contributed by atoms with Crippen LogP contribution in [-0.4, -0.2) is 16.1 Å². The van der Waals surface area contributed by atoms with Gasteiger partial charge < -0.3 is 0 Å². The molecule has 0 radical (unpaired) electrons. The van der Waals surface area contributed by atoms with Gasteiger partial charge in [-0.1, -0.05) is 0 Å². The minimum Gasteiger partial charge on any atom is -0.296 e. The number of aryl methyl sites for hydroxylation is 1. The van der Waals surface area contributed by atoms with Gasteiger partial charge in [0.15, 0.2) is 6.29 Å². The highest BCUT2D eigenvalue weighted by atomic mass is 19.1. The molecule has 0 fully saturated rings. The predicted molar refractivity (Wildman–Crippen MR) is 53.6 cm³/mol. The van der Waals surface area contributed by atoms with E-state index in [4.69, 9.17) is 0 Å². The summed E-state index contributed by atoms with van der Waals surface area (Å²) < 4.78 is 14.4. The van der Waals surface area contributed by atoms with Gasteiger partial charge in [0.05, 0.1) is 11.9 Å². The Bertz CT molecular complexity index is 505. The van der Waals surface area contributed by atoms with Gasteiger partial charge in [-0.3, -0.25) is 4.79 Å². The van der Waals surface area contributed by atoms with E-state index >= 15 is 0 Å². The first-order valence-electron chi connectivity index (χ1n) is 4.48. The Hall–Kier alpha value is -1.97. The molecule has 0 N–H and O–H groups in total. The van der Waals surface area contributed by atoms with E-state index in [1.54, 1.807) is 19.1 Å². The van der Waals surface area contributed by atoms with E-state index in [0.717, 1.165) is 11.8 Å². The van der Waals surface area contributed by atoms with Crippen molar-refractivity contribution in [2.75, 3.05) is 0 Å². The van der Waals surface area contributed by atoms with Gasteiger partial charge >= 0.3 is 0 Å². The van der Waals surface area contributed by atoms with Crippen molar-refractivity contribution in [2.45, 2.75) is 6.92 Å². The van der Waals surface area contributed by atoms with Crippen molar-refractivity contribution in [3.05, 3.63) is 47.5 Å². The fourth-order valence-corrected chi connectivity index (χ4v) is 1.46. The number of hydrogen-bond acceptors (Lipinski definition) is 2. The van der Waals surface area contributed by atoms with E-state index in [0.29, 0.717) is 11.4 Å². The average molecular weight is 204 g/mol. The van der Waals surface area contributed by atoms with Crippen molar-refractivity contribution in [2.24, 2.45) is 0 Å². The highest BCUT2D eigenvalue weighted by molar-refractivity contribution is 5.73. The highest BCUT2D eigenvalue weighted by Crippen LogP contribution is 2.15. The Balaban J connectivity index is 2.59. The Morgan fingerprint density at radius 3 is 2.87 bits per heavy atom. The van der Waals surface area contributed by atoms with E-state index < -0.39 is 0 Å². The second kappa shape index (κ2) is 3.65.